The molecule has 0 aliphatic rings. The lowest BCUT2D eigenvalue weighted by Gasteiger charge is -2.06. The Morgan fingerprint density at radius 1 is 1.35 bits per heavy atom. The van der Waals surface area contributed by atoms with Gasteiger partial charge in [-0.3, -0.25) is 4.79 Å². The summed E-state index contributed by atoms with van der Waals surface area (Å²) in [4.78, 5) is 23.7. The van der Waals surface area contributed by atoms with Crippen LogP contribution < -0.4 is 5.32 Å². The molecule has 0 aliphatic heterocycles. The van der Waals surface area contributed by atoms with Gasteiger partial charge in [-0.2, -0.15) is 0 Å². The van der Waals surface area contributed by atoms with E-state index in [1.807, 2.05) is 0 Å². The number of benzene rings is 1. The van der Waals surface area contributed by atoms with Gasteiger partial charge < -0.3 is 10.1 Å². The van der Waals surface area contributed by atoms with Gasteiger partial charge in [0.2, 0.25) is 0 Å². The molecule has 0 saturated heterocycles. The highest BCUT2D eigenvalue weighted by Gasteiger charge is 2.18. The van der Waals surface area contributed by atoms with Crippen LogP contribution in [0.15, 0.2) is 29.6 Å². The highest BCUT2D eigenvalue weighted by Crippen LogP contribution is 2.24. The Morgan fingerprint density at radius 3 is 2.80 bits per heavy atom. The maximum atomic E-state index is 13.6. The zero-order chi connectivity index (χ0) is 14.7. The Hall–Kier alpha value is -1.92. The van der Waals surface area contributed by atoms with E-state index in [0.29, 0.717) is 0 Å². The van der Waals surface area contributed by atoms with E-state index < -0.39 is 17.7 Å². The average molecular weight is 314 g/mol. The molecule has 104 valence electrons. The summed E-state index contributed by atoms with van der Waals surface area (Å²) in [5.74, 6) is -1.95. The second-order valence-electron chi connectivity index (χ2n) is 3.73. The number of carbonyl (C=O) groups is 2. The van der Waals surface area contributed by atoms with Crippen LogP contribution in [0.3, 0.4) is 0 Å². The Balaban J connectivity index is 2.26. The van der Waals surface area contributed by atoms with E-state index in [1.165, 1.54) is 25.3 Å². The van der Waals surface area contributed by atoms with Crippen molar-refractivity contribution in [3.05, 3.63) is 50.9 Å². The first-order valence-corrected chi connectivity index (χ1v) is 6.71. The molecule has 0 unspecified atom stereocenters. The maximum Gasteiger partial charge on any atom is 0.350 e. The molecule has 1 aromatic heterocycles. The molecule has 0 spiro atoms. The summed E-state index contributed by atoms with van der Waals surface area (Å²) < 4.78 is 18.2. The van der Waals surface area contributed by atoms with Crippen molar-refractivity contribution in [1.29, 1.82) is 0 Å². The zero-order valence-electron chi connectivity index (χ0n) is 10.3. The van der Waals surface area contributed by atoms with E-state index >= 15 is 0 Å². The topological polar surface area (TPSA) is 55.4 Å². The van der Waals surface area contributed by atoms with Crippen LogP contribution in [-0.2, 0) is 4.74 Å². The number of halogens is 2. The summed E-state index contributed by atoms with van der Waals surface area (Å²) in [6.07, 6.45) is 0. The monoisotopic (exact) mass is 313 g/mol. The molecule has 0 atom stereocenters. The van der Waals surface area contributed by atoms with Gasteiger partial charge >= 0.3 is 5.97 Å². The maximum absolute atomic E-state index is 13.6. The van der Waals surface area contributed by atoms with Gasteiger partial charge in [0.25, 0.3) is 5.91 Å². The van der Waals surface area contributed by atoms with Crippen LogP contribution in [0.2, 0.25) is 5.02 Å². The minimum absolute atomic E-state index is 0.195. The lowest BCUT2D eigenvalue weighted by molar-refractivity contribution is 0.0607. The van der Waals surface area contributed by atoms with Crippen molar-refractivity contribution in [2.24, 2.45) is 0 Å². The normalized spacial score (nSPS) is 10.2. The Labute approximate surface area is 123 Å². The van der Waals surface area contributed by atoms with Gasteiger partial charge in [-0.15, -0.1) is 11.3 Å². The standard InChI is InChI=1S/C13H9ClFNO3S/c1-19-13(18)11-10(4-5-20-11)16-12(17)8-6-7(14)2-3-9(8)15/h2-6H,1H3,(H,16,17). The van der Waals surface area contributed by atoms with Crippen LogP contribution in [0.1, 0.15) is 20.0 Å². The fourth-order valence-electron chi connectivity index (χ4n) is 1.52. The molecule has 2 aromatic rings. The van der Waals surface area contributed by atoms with Gasteiger partial charge in [0.15, 0.2) is 0 Å². The van der Waals surface area contributed by atoms with Gasteiger partial charge in [-0.1, -0.05) is 11.6 Å². The number of hydrogen-bond donors (Lipinski definition) is 1. The lowest BCUT2D eigenvalue weighted by atomic mass is 10.2. The first-order valence-electron chi connectivity index (χ1n) is 5.45. The third kappa shape index (κ3) is 2.97. The summed E-state index contributed by atoms with van der Waals surface area (Å²) in [6, 6.07) is 5.21. The Kier molecular flexibility index (Phi) is 4.36. The van der Waals surface area contributed by atoms with E-state index in [1.54, 1.807) is 5.38 Å². The number of methoxy groups -OCH3 is 1. The van der Waals surface area contributed by atoms with E-state index in [2.05, 4.69) is 10.1 Å². The van der Waals surface area contributed by atoms with Crippen LogP contribution in [-0.4, -0.2) is 19.0 Å². The summed E-state index contributed by atoms with van der Waals surface area (Å²) >= 11 is 6.85. The van der Waals surface area contributed by atoms with E-state index in [9.17, 15) is 14.0 Å². The molecule has 0 saturated carbocycles. The van der Waals surface area contributed by atoms with Gasteiger partial charge in [-0.25, -0.2) is 9.18 Å². The lowest BCUT2D eigenvalue weighted by Crippen LogP contribution is -2.15. The van der Waals surface area contributed by atoms with Crippen molar-refractivity contribution in [2.75, 3.05) is 12.4 Å². The number of hydrogen-bond acceptors (Lipinski definition) is 4. The molecule has 0 radical (unpaired) electrons. The third-order valence-electron chi connectivity index (χ3n) is 2.46. The van der Waals surface area contributed by atoms with E-state index in [0.717, 1.165) is 17.4 Å². The molecule has 1 N–H and O–H groups in total. The molecule has 1 heterocycles. The molecule has 0 bridgehead atoms. The fourth-order valence-corrected chi connectivity index (χ4v) is 2.46. The summed E-state index contributed by atoms with van der Waals surface area (Å²) in [6.45, 7) is 0. The number of carbonyl (C=O) groups excluding carboxylic acids is 2. The number of esters is 1. The van der Waals surface area contributed by atoms with Gasteiger partial charge in [0.1, 0.15) is 10.7 Å². The number of rotatable bonds is 3. The first kappa shape index (κ1) is 14.5. The van der Waals surface area contributed by atoms with Crippen LogP contribution in [0.5, 0.6) is 0 Å². The molecule has 0 aliphatic carbocycles. The fraction of sp³-hybridized carbons (Fsp3) is 0.0769. The average Bonchev–Trinajstić information content (AvgIpc) is 2.88. The number of ether oxygens (including phenoxy) is 1. The van der Waals surface area contributed by atoms with Crippen LogP contribution in [0.4, 0.5) is 10.1 Å². The minimum atomic E-state index is -0.693. The van der Waals surface area contributed by atoms with Crippen molar-refractivity contribution in [2.45, 2.75) is 0 Å². The van der Waals surface area contributed by atoms with E-state index in [4.69, 9.17) is 11.6 Å². The van der Waals surface area contributed by atoms with Crippen LogP contribution in [0, 0.1) is 5.82 Å². The van der Waals surface area contributed by atoms with Crippen molar-refractivity contribution < 1.29 is 18.7 Å². The molecular formula is C13H9ClFNO3S. The molecule has 20 heavy (non-hydrogen) atoms. The molecule has 1 amide bonds. The molecule has 2 rings (SSSR count). The summed E-state index contributed by atoms with van der Waals surface area (Å²) in [5.41, 5.74) is 0.0748. The largest absolute Gasteiger partial charge is 0.465 e. The number of thiophene rings is 1. The second kappa shape index (κ2) is 6.02. The molecular weight excluding hydrogens is 305 g/mol. The Morgan fingerprint density at radius 2 is 2.10 bits per heavy atom. The zero-order valence-corrected chi connectivity index (χ0v) is 11.8. The number of anilines is 1. The highest BCUT2D eigenvalue weighted by molar-refractivity contribution is 7.12. The van der Waals surface area contributed by atoms with Crippen molar-refractivity contribution in [3.63, 3.8) is 0 Å². The van der Waals surface area contributed by atoms with Crippen LogP contribution >= 0.6 is 22.9 Å². The first-order chi connectivity index (χ1) is 9.52. The molecule has 1 aromatic carbocycles. The van der Waals surface area contributed by atoms with Crippen LogP contribution in [0.25, 0.3) is 0 Å². The van der Waals surface area contributed by atoms with Gasteiger partial charge in [0.05, 0.1) is 18.4 Å². The van der Waals surface area contributed by atoms with Crippen molar-refractivity contribution in [1.82, 2.24) is 0 Å². The minimum Gasteiger partial charge on any atom is -0.465 e. The molecule has 4 nitrogen and oxygen atoms in total. The number of amides is 1. The summed E-state index contributed by atoms with van der Waals surface area (Å²) in [7, 11) is 1.24. The SMILES string of the molecule is COC(=O)c1sccc1NC(=O)c1cc(Cl)ccc1F. The van der Waals surface area contributed by atoms with Gasteiger partial charge in [-0.05, 0) is 29.6 Å². The Bertz CT molecular complexity index is 671. The third-order valence-corrected chi connectivity index (χ3v) is 3.59. The van der Waals surface area contributed by atoms with Crippen molar-refractivity contribution in [3.8, 4) is 0 Å². The molecule has 7 heteroatoms. The van der Waals surface area contributed by atoms with Gasteiger partial charge in [0, 0.05) is 5.02 Å². The summed E-state index contributed by atoms with van der Waals surface area (Å²) in [5, 5.41) is 4.33. The quantitative estimate of drug-likeness (QED) is 0.881. The second-order valence-corrected chi connectivity index (χ2v) is 5.09. The molecule has 0 fully saturated rings. The highest BCUT2D eigenvalue weighted by atomic mass is 35.5. The van der Waals surface area contributed by atoms with Crippen molar-refractivity contribution >= 4 is 40.5 Å². The number of nitrogens with one attached hydrogen (secondary N) is 1. The van der Waals surface area contributed by atoms with E-state index in [-0.39, 0.29) is 21.2 Å². The predicted molar refractivity (Wildman–Crippen MR) is 75.0 cm³/mol. The smallest absolute Gasteiger partial charge is 0.350 e. The predicted octanol–water partition coefficient (Wildman–Crippen LogP) is 3.58.